The third-order valence-corrected chi connectivity index (χ3v) is 6.44. The van der Waals surface area contributed by atoms with Crippen LogP contribution in [-0.2, 0) is 22.3 Å². The Morgan fingerprint density at radius 3 is 2.29 bits per heavy atom. The van der Waals surface area contributed by atoms with Crippen LogP contribution in [-0.4, -0.2) is 24.3 Å². The number of esters is 1. The summed E-state index contributed by atoms with van der Waals surface area (Å²) < 4.78 is 10.9. The van der Waals surface area contributed by atoms with Gasteiger partial charge < -0.3 is 9.47 Å². The first-order valence-corrected chi connectivity index (χ1v) is 13.4. The molecular formula is C28H41NO4S. The summed E-state index contributed by atoms with van der Waals surface area (Å²) in [6.45, 7) is 8.09. The van der Waals surface area contributed by atoms with Crippen molar-refractivity contribution in [3.05, 3.63) is 52.4 Å². The number of hydrogen-bond donors (Lipinski definition) is 1. The molecule has 188 valence electrons. The number of amides is 1. The number of unbranched alkanes of at least 4 members (excludes halogenated alkanes) is 6. The van der Waals surface area contributed by atoms with E-state index in [0.717, 1.165) is 43.4 Å². The molecule has 6 heteroatoms. The number of carbonyl (C=O) groups excluding carboxylic acids is 2. The van der Waals surface area contributed by atoms with Crippen molar-refractivity contribution in [1.82, 2.24) is 0 Å². The average molecular weight is 488 g/mol. The predicted octanol–water partition coefficient (Wildman–Crippen LogP) is 8.18. The number of rotatable bonds is 14. The molecule has 0 saturated carbocycles. The fourth-order valence-electron chi connectivity index (χ4n) is 3.59. The van der Waals surface area contributed by atoms with E-state index in [1.807, 2.05) is 32.9 Å². The number of nitrogens with one attached hydrogen (secondary N) is 1. The second kappa shape index (κ2) is 14.8. The van der Waals surface area contributed by atoms with E-state index >= 15 is 0 Å². The first-order valence-electron chi connectivity index (χ1n) is 12.6. The Bertz CT molecular complexity index is 870. The molecule has 2 rings (SSSR count). The molecule has 0 atom stereocenters. The monoisotopic (exact) mass is 487 g/mol. The Morgan fingerprint density at radius 1 is 0.912 bits per heavy atom. The number of aryl methyl sites for hydroxylation is 2. The minimum atomic E-state index is -0.607. The molecule has 0 aliphatic rings. The fourth-order valence-corrected chi connectivity index (χ4v) is 4.66. The highest BCUT2D eigenvalue weighted by molar-refractivity contribution is 7.16. The zero-order valence-electron chi connectivity index (χ0n) is 21.3. The van der Waals surface area contributed by atoms with Crippen LogP contribution in [0.25, 0.3) is 0 Å². The molecule has 0 bridgehead atoms. The van der Waals surface area contributed by atoms with E-state index in [1.54, 1.807) is 0 Å². The van der Waals surface area contributed by atoms with Crippen molar-refractivity contribution < 1.29 is 19.1 Å². The number of anilines is 1. The Balaban J connectivity index is 1.90. The van der Waals surface area contributed by atoms with Gasteiger partial charge in [0.1, 0.15) is 10.6 Å². The van der Waals surface area contributed by atoms with Crippen LogP contribution in [0.4, 0.5) is 9.80 Å². The van der Waals surface area contributed by atoms with Gasteiger partial charge in [0.2, 0.25) is 0 Å². The van der Waals surface area contributed by atoms with Crippen LogP contribution in [0.2, 0.25) is 0 Å². The van der Waals surface area contributed by atoms with Crippen LogP contribution in [0.15, 0.2) is 36.4 Å². The third kappa shape index (κ3) is 11.2. The molecule has 0 spiro atoms. The Labute approximate surface area is 209 Å². The van der Waals surface area contributed by atoms with Crippen LogP contribution < -0.4 is 5.32 Å². The van der Waals surface area contributed by atoms with Gasteiger partial charge in [0.15, 0.2) is 0 Å². The minimum absolute atomic E-state index is 0.386. The predicted molar refractivity (Wildman–Crippen MR) is 141 cm³/mol. The molecule has 1 heterocycles. The van der Waals surface area contributed by atoms with Gasteiger partial charge in [-0.25, -0.2) is 9.59 Å². The van der Waals surface area contributed by atoms with Crippen molar-refractivity contribution in [2.24, 2.45) is 0 Å². The van der Waals surface area contributed by atoms with E-state index in [-0.39, 0.29) is 0 Å². The van der Waals surface area contributed by atoms with Gasteiger partial charge in [0.05, 0.1) is 12.2 Å². The van der Waals surface area contributed by atoms with E-state index < -0.39 is 17.7 Å². The van der Waals surface area contributed by atoms with Crippen LogP contribution in [0.3, 0.4) is 0 Å². The molecule has 1 aromatic heterocycles. The number of carbonyl (C=O) groups is 2. The lowest BCUT2D eigenvalue weighted by molar-refractivity contribution is 0.00712. The summed E-state index contributed by atoms with van der Waals surface area (Å²) in [5.41, 5.74) is 1.12. The number of hydrogen-bond acceptors (Lipinski definition) is 5. The molecule has 0 aliphatic heterocycles. The van der Waals surface area contributed by atoms with Crippen LogP contribution in [0, 0.1) is 0 Å². The van der Waals surface area contributed by atoms with E-state index in [0.29, 0.717) is 17.2 Å². The van der Waals surface area contributed by atoms with E-state index in [2.05, 4.69) is 36.5 Å². The summed E-state index contributed by atoms with van der Waals surface area (Å²) in [6, 6.07) is 12.3. The summed E-state index contributed by atoms with van der Waals surface area (Å²) in [5.74, 6) is -0.425. The Morgan fingerprint density at radius 2 is 1.59 bits per heavy atom. The highest BCUT2D eigenvalue weighted by Gasteiger charge is 2.24. The second-order valence-corrected chi connectivity index (χ2v) is 10.8. The molecule has 0 unspecified atom stereocenters. The molecule has 0 saturated heterocycles. The number of ether oxygens (including phenoxy) is 2. The van der Waals surface area contributed by atoms with Crippen molar-refractivity contribution in [1.29, 1.82) is 0 Å². The summed E-state index contributed by atoms with van der Waals surface area (Å²) in [6.07, 6.45) is 10.2. The molecule has 34 heavy (non-hydrogen) atoms. The maximum Gasteiger partial charge on any atom is 0.412 e. The first-order chi connectivity index (χ1) is 16.3. The van der Waals surface area contributed by atoms with Gasteiger partial charge in [-0.05, 0) is 64.5 Å². The highest BCUT2D eigenvalue weighted by Crippen LogP contribution is 2.31. The van der Waals surface area contributed by atoms with Gasteiger partial charge in [-0.1, -0.05) is 69.4 Å². The average Bonchev–Trinajstić information content (AvgIpc) is 3.18. The quantitative estimate of drug-likeness (QED) is 0.215. The topological polar surface area (TPSA) is 64.6 Å². The van der Waals surface area contributed by atoms with E-state index in [1.165, 1.54) is 42.6 Å². The molecule has 0 radical (unpaired) electrons. The number of benzene rings is 1. The van der Waals surface area contributed by atoms with Crippen molar-refractivity contribution in [2.75, 3.05) is 11.9 Å². The third-order valence-electron chi connectivity index (χ3n) is 5.33. The van der Waals surface area contributed by atoms with Gasteiger partial charge in [-0.3, -0.25) is 5.32 Å². The summed E-state index contributed by atoms with van der Waals surface area (Å²) in [7, 11) is 0. The van der Waals surface area contributed by atoms with Crippen LogP contribution in [0.1, 0.15) is 99.9 Å². The smallest absolute Gasteiger partial charge is 0.412 e. The first kappa shape index (κ1) is 27.9. The lowest BCUT2D eigenvalue weighted by atomic mass is 10.1. The van der Waals surface area contributed by atoms with Gasteiger partial charge in [0.25, 0.3) is 0 Å². The highest BCUT2D eigenvalue weighted by atomic mass is 32.1. The van der Waals surface area contributed by atoms with Crippen molar-refractivity contribution >= 4 is 28.4 Å². The molecule has 0 aliphatic carbocycles. The largest absolute Gasteiger partial charge is 0.456 e. The van der Waals surface area contributed by atoms with Gasteiger partial charge in [0, 0.05) is 4.88 Å². The number of thiophene rings is 1. The van der Waals surface area contributed by atoms with Crippen molar-refractivity contribution in [2.45, 2.75) is 97.5 Å². The standard InChI is InChI=1S/C28H41NO4S/c1-5-6-7-8-9-15-20-32-27(31)29-25-24(26(30)33-28(2,3)4)21-23(34-25)19-14-13-18-22-16-11-10-12-17-22/h10-12,16-17,21H,5-9,13-15,18-20H2,1-4H3,(H,29,31). The van der Waals surface area contributed by atoms with Crippen molar-refractivity contribution in [3.63, 3.8) is 0 Å². The molecule has 2 aromatic rings. The second-order valence-electron chi connectivity index (χ2n) is 9.68. The van der Waals surface area contributed by atoms with Crippen LogP contribution in [0.5, 0.6) is 0 Å². The van der Waals surface area contributed by atoms with E-state index in [4.69, 9.17) is 9.47 Å². The SMILES string of the molecule is CCCCCCCCOC(=O)Nc1sc(CCCCc2ccccc2)cc1C(=O)OC(C)(C)C. The zero-order chi connectivity index (χ0) is 24.8. The van der Waals surface area contributed by atoms with Gasteiger partial charge in [-0.2, -0.15) is 0 Å². The molecule has 5 nitrogen and oxygen atoms in total. The maximum atomic E-state index is 12.8. The lowest BCUT2D eigenvalue weighted by Crippen LogP contribution is -2.24. The zero-order valence-corrected chi connectivity index (χ0v) is 22.1. The molecule has 1 aromatic carbocycles. The van der Waals surface area contributed by atoms with Gasteiger partial charge >= 0.3 is 12.1 Å². The lowest BCUT2D eigenvalue weighted by Gasteiger charge is -2.19. The molecular weight excluding hydrogens is 446 g/mol. The van der Waals surface area contributed by atoms with Crippen molar-refractivity contribution in [3.8, 4) is 0 Å². The van der Waals surface area contributed by atoms with Crippen LogP contribution >= 0.6 is 11.3 Å². The fraction of sp³-hybridized carbons (Fsp3) is 0.571. The maximum absolute atomic E-state index is 12.8. The minimum Gasteiger partial charge on any atom is -0.456 e. The van der Waals surface area contributed by atoms with Gasteiger partial charge in [-0.15, -0.1) is 11.3 Å². The molecule has 1 amide bonds. The van der Waals surface area contributed by atoms with E-state index in [9.17, 15) is 9.59 Å². The normalized spacial score (nSPS) is 11.3. The Kier molecular flexibility index (Phi) is 12.2. The summed E-state index contributed by atoms with van der Waals surface area (Å²) >= 11 is 1.43. The molecule has 0 fully saturated rings. The summed E-state index contributed by atoms with van der Waals surface area (Å²) in [4.78, 5) is 26.2. The Hall–Kier alpha value is -2.34. The summed E-state index contributed by atoms with van der Waals surface area (Å²) in [5, 5.41) is 3.28. The molecule has 1 N–H and O–H groups in total.